The van der Waals surface area contributed by atoms with E-state index in [1.807, 2.05) is 38.1 Å². The van der Waals surface area contributed by atoms with Crippen molar-refractivity contribution in [1.29, 1.82) is 0 Å². The number of hydrogen-bond acceptors (Lipinski definition) is 4. The summed E-state index contributed by atoms with van der Waals surface area (Å²) in [5.74, 6) is 1.22. The molecule has 0 aromatic heterocycles. The minimum atomic E-state index is -0.294. The Bertz CT molecular complexity index is 856. The monoisotopic (exact) mass is 506 g/mol. The Hall–Kier alpha value is -2.12. The first-order valence-corrected chi connectivity index (χ1v) is 11.9. The van der Waals surface area contributed by atoms with Gasteiger partial charge in [0.05, 0.1) is 17.2 Å². The fourth-order valence-corrected chi connectivity index (χ4v) is 3.54. The van der Waals surface area contributed by atoms with Crippen LogP contribution < -0.4 is 20.1 Å². The number of carbonyl (C=O) groups is 1. The van der Waals surface area contributed by atoms with Crippen molar-refractivity contribution in [1.82, 2.24) is 5.32 Å². The summed E-state index contributed by atoms with van der Waals surface area (Å²) >= 11 is 8.71. The molecular formula is C24H31BrN2O3S. The summed E-state index contributed by atoms with van der Waals surface area (Å²) in [5, 5.41) is 5.94. The smallest absolute Gasteiger partial charge is 0.257 e. The molecule has 2 rings (SSSR count). The molecule has 0 radical (unpaired) electrons. The predicted molar refractivity (Wildman–Crippen MR) is 134 cm³/mol. The van der Waals surface area contributed by atoms with Crippen LogP contribution >= 0.6 is 28.1 Å². The highest BCUT2D eigenvalue weighted by molar-refractivity contribution is 9.10. The van der Waals surface area contributed by atoms with Crippen LogP contribution in [0.4, 0.5) is 5.69 Å². The molecule has 2 aromatic rings. The van der Waals surface area contributed by atoms with Crippen molar-refractivity contribution in [2.75, 3.05) is 11.9 Å². The van der Waals surface area contributed by atoms with E-state index in [2.05, 4.69) is 33.5 Å². The Morgan fingerprint density at radius 1 is 1.06 bits per heavy atom. The zero-order valence-corrected chi connectivity index (χ0v) is 20.8. The molecule has 0 saturated carbocycles. The van der Waals surface area contributed by atoms with Gasteiger partial charge in [0, 0.05) is 11.3 Å². The summed E-state index contributed by atoms with van der Waals surface area (Å²) in [4.78, 5) is 12.5. The van der Waals surface area contributed by atoms with E-state index < -0.39 is 0 Å². The Labute approximate surface area is 199 Å². The number of halogens is 1. The van der Waals surface area contributed by atoms with Gasteiger partial charge in [-0.1, -0.05) is 32.6 Å². The molecule has 0 aliphatic carbocycles. The van der Waals surface area contributed by atoms with Crippen molar-refractivity contribution >= 4 is 44.9 Å². The molecule has 0 atom stereocenters. The van der Waals surface area contributed by atoms with Crippen LogP contribution in [0.15, 0.2) is 46.9 Å². The van der Waals surface area contributed by atoms with E-state index in [0.29, 0.717) is 15.8 Å². The van der Waals surface area contributed by atoms with Crippen molar-refractivity contribution in [2.24, 2.45) is 0 Å². The third-order valence-corrected chi connectivity index (χ3v) is 5.24. The van der Waals surface area contributed by atoms with Gasteiger partial charge in [-0.2, -0.15) is 0 Å². The molecule has 1 amide bonds. The molecule has 5 nitrogen and oxygen atoms in total. The molecule has 2 N–H and O–H groups in total. The van der Waals surface area contributed by atoms with E-state index in [-0.39, 0.29) is 17.1 Å². The largest absolute Gasteiger partial charge is 0.494 e. The van der Waals surface area contributed by atoms with Gasteiger partial charge in [-0.25, -0.2) is 0 Å². The molecule has 0 aliphatic rings. The van der Waals surface area contributed by atoms with Crippen molar-refractivity contribution in [3.63, 3.8) is 0 Å². The number of unbranched alkanes of at least 4 members (excludes halogenated alkanes) is 4. The van der Waals surface area contributed by atoms with E-state index in [1.165, 1.54) is 25.7 Å². The third-order valence-electron chi connectivity index (χ3n) is 4.41. The normalized spacial score (nSPS) is 10.6. The Morgan fingerprint density at radius 3 is 2.42 bits per heavy atom. The number of benzene rings is 2. The van der Waals surface area contributed by atoms with Gasteiger partial charge in [0.2, 0.25) is 0 Å². The third kappa shape index (κ3) is 9.27. The van der Waals surface area contributed by atoms with Crippen molar-refractivity contribution < 1.29 is 14.3 Å². The molecule has 0 saturated heterocycles. The number of ether oxygens (including phenoxy) is 2. The fourth-order valence-electron chi connectivity index (χ4n) is 2.86. The molecule has 0 spiro atoms. The second-order valence-electron chi connectivity index (χ2n) is 7.51. The predicted octanol–water partition coefficient (Wildman–Crippen LogP) is 6.71. The molecule has 31 heavy (non-hydrogen) atoms. The molecule has 2 aromatic carbocycles. The van der Waals surface area contributed by atoms with Gasteiger partial charge in [-0.05, 0) is 90.9 Å². The number of amides is 1. The number of hydrogen-bond donors (Lipinski definition) is 2. The zero-order valence-electron chi connectivity index (χ0n) is 18.4. The Balaban J connectivity index is 1.80. The Morgan fingerprint density at radius 2 is 1.77 bits per heavy atom. The Kier molecular flexibility index (Phi) is 10.8. The van der Waals surface area contributed by atoms with E-state index in [1.54, 1.807) is 18.2 Å². The van der Waals surface area contributed by atoms with Crippen molar-refractivity contribution in [2.45, 2.75) is 59.0 Å². The van der Waals surface area contributed by atoms with Crippen LogP contribution in [0, 0.1) is 0 Å². The topological polar surface area (TPSA) is 59.6 Å². The van der Waals surface area contributed by atoms with E-state index in [9.17, 15) is 4.79 Å². The summed E-state index contributed by atoms with van der Waals surface area (Å²) in [6.45, 7) is 6.83. The highest BCUT2D eigenvalue weighted by atomic mass is 79.9. The quantitative estimate of drug-likeness (QED) is 0.262. The molecule has 0 fully saturated rings. The minimum Gasteiger partial charge on any atom is -0.494 e. The molecule has 0 aliphatic heterocycles. The number of rotatable bonds is 11. The fraction of sp³-hybridized carbons (Fsp3) is 0.417. The first kappa shape index (κ1) is 25.1. The van der Waals surface area contributed by atoms with Gasteiger partial charge in [0.15, 0.2) is 5.11 Å². The highest BCUT2D eigenvalue weighted by Crippen LogP contribution is 2.27. The lowest BCUT2D eigenvalue weighted by atomic mass is 10.2. The number of anilines is 1. The first-order chi connectivity index (χ1) is 14.9. The van der Waals surface area contributed by atoms with Crippen LogP contribution in [0.5, 0.6) is 11.5 Å². The van der Waals surface area contributed by atoms with Gasteiger partial charge in [0.25, 0.3) is 5.91 Å². The summed E-state index contributed by atoms with van der Waals surface area (Å²) < 4.78 is 12.2. The summed E-state index contributed by atoms with van der Waals surface area (Å²) in [7, 11) is 0. The van der Waals surface area contributed by atoms with Crippen LogP contribution in [0.25, 0.3) is 0 Å². The summed E-state index contributed by atoms with van der Waals surface area (Å²) in [6.07, 6.45) is 6.11. The number of thiocarbonyl (C=S) groups is 1. The van der Waals surface area contributed by atoms with Crippen molar-refractivity contribution in [3.05, 3.63) is 52.5 Å². The second kappa shape index (κ2) is 13.3. The second-order valence-corrected chi connectivity index (χ2v) is 8.77. The van der Waals surface area contributed by atoms with Crippen LogP contribution in [-0.4, -0.2) is 23.7 Å². The molecule has 168 valence electrons. The maximum Gasteiger partial charge on any atom is 0.257 e. The van der Waals surface area contributed by atoms with Gasteiger partial charge in [-0.3, -0.25) is 10.1 Å². The number of nitrogens with one attached hydrogen (secondary N) is 2. The lowest BCUT2D eigenvalue weighted by Crippen LogP contribution is -2.34. The van der Waals surface area contributed by atoms with Crippen molar-refractivity contribution in [3.8, 4) is 11.5 Å². The SMILES string of the molecule is CCCCCCCOc1ccc(NC(=S)NC(=O)c2ccc(OC(C)C)c(Br)c2)cc1. The molecule has 0 unspecified atom stereocenters. The lowest BCUT2D eigenvalue weighted by molar-refractivity contribution is 0.0977. The summed E-state index contributed by atoms with van der Waals surface area (Å²) in [5.41, 5.74) is 1.26. The molecule has 0 bridgehead atoms. The van der Waals surface area contributed by atoms with Crippen LogP contribution in [0.1, 0.15) is 63.2 Å². The minimum absolute atomic E-state index is 0.0512. The first-order valence-electron chi connectivity index (χ1n) is 10.7. The average molecular weight is 507 g/mol. The van der Waals surface area contributed by atoms with Crippen LogP contribution in [-0.2, 0) is 0 Å². The van der Waals surface area contributed by atoms with Gasteiger partial charge in [0.1, 0.15) is 11.5 Å². The summed E-state index contributed by atoms with van der Waals surface area (Å²) in [6, 6.07) is 12.7. The van der Waals surface area contributed by atoms with E-state index in [4.69, 9.17) is 21.7 Å². The van der Waals surface area contributed by atoms with Gasteiger partial charge in [-0.15, -0.1) is 0 Å². The lowest BCUT2D eigenvalue weighted by Gasteiger charge is -2.13. The van der Waals surface area contributed by atoms with E-state index in [0.717, 1.165) is 24.5 Å². The van der Waals surface area contributed by atoms with Crippen LogP contribution in [0.3, 0.4) is 0 Å². The zero-order chi connectivity index (χ0) is 22.6. The van der Waals surface area contributed by atoms with Gasteiger partial charge < -0.3 is 14.8 Å². The standard InChI is InChI=1S/C24H31BrN2O3S/c1-4-5-6-7-8-15-29-20-12-10-19(11-13-20)26-24(31)27-23(28)18-9-14-22(21(25)16-18)30-17(2)3/h9-14,16-17H,4-8,15H2,1-3H3,(H2,26,27,28,31). The highest BCUT2D eigenvalue weighted by Gasteiger charge is 2.12. The van der Waals surface area contributed by atoms with Gasteiger partial charge >= 0.3 is 0 Å². The van der Waals surface area contributed by atoms with Crippen LogP contribution in [0.2, 0.25) is 0 Å². The molecule has 7 heteroatoms. The maximum absolute atomic E-state index is 12.5. The average Bonchev–Trinajstić information content (AvgIpc) is 2.73. The number of carbonyl (C=O) groups excluding carboxylic acids is 1. The molecular weight excluding hydrogens is 476 g/mol. The van der Waals surface area contributed by atoms with E-state index >= 15 is 0 Å². The maximum atomic E-state index is 12.5. The molecule has 0 heterocycles.